The van der Waals surface area contributed by atoms with E-state index in [2.05, 4.69) is 6.92 Å². The van der Waals surface area contributed by atoms with E-state index in [1.54, 1.807) is 0 Å². The van der Waals surface area contributed by atoms with Crippen molar-refractivity contribution in [2.45, 2.75) is 19.4 Å². The van der Waals surface area contributed by atoms with Crippen molar-refractivity contribution in [3.8, 4) is 11.5 Å². The van der Waals surface area contributed by atoms with Crippen LogP contribution in [-0.2, 0) is 0 Å². The Balaban J connectivity index is 1.74. The fourth-order valence-electron chi connectivity index (χ4n) is 1.88. The first-order chi connectivity index (χ1) is 9.79. The highest BCUT2D eigenvalue weighted by molar-refractivity contribution is 5.29. The zero-order valence-corrected chi connectivity index (χ0v) is 11.8. The Kier molecular flexibility index (Phi) is 5.44. The monoisotopic (exact) mass is 271 g/mol. The minimum Gasteiger partial charge on any atom is -0.490 e. The number of hydrogen-bond donors (Lipinski definition) is 1. The summed E-state index contributed by atoms with van der Waals surface area (Å²) in [6, 6.07) is 17.8. The number of para-hydroxylation sites is 1. The third-order valence-electron chi connectivity index (χ3n) is 3.11. The van der Waals surface area contributed by atoms with Crippen molar-refractivity contribution in [1.29, 1.82) is 0 Å². The van der Waals surface area contributed by atoms with Gasteiger partial charge in [0.25, 0.3) is 0 Å². The van der Waals surface area contributed by atoms with Crippen LogP contribution in [-0.4, -0.2) is 13.2 Å². The zero-order chi connectivity index (χ0) is 14.2. The maximum absolute atomic E-state index is 5.97. The molecule has 0 saturated heterocycles. The smallest absolute Gasteiger partial charge is 0.122 e. The molecule has 0 aliphatic carbocycles. The molecule has 2 N–H and O–H groups in total. The van der Waals surface area contributed by atoms with E-state index >= 15 is 0 Å². The van der Waals surface area contributed by atoms with Gasteiger partial charge in [-0.2, -0.15) is 0 Å². The van der Waals surface area contributed by atoms with Crippen LogP contribution in [0.2, 0.25) is 0 Å². The molecular formula is C17H21NO2. The molecule has 0 radical (unpaired) electrons. The van der Waals surface area contributed by atoms with E-state index in [0.717, 1.165) is 23.5 Å². The lowest BCUT2D eigenvalue weighted by Crippen LogP contribution is -2.10. The highest BCUT2D eigenvalue weighted by atomic mass is 16.5. The van der Waals surface area contributed by atoms with Gasteiger partial charge >= 0.3 is 0 Å². The maximum Gasteiger partial charge on any atom is 0.122 e. The topological polar surface area (TPSA) is 44.5 Å². The van der Waals surface area contributed by atoms with Crippen molar-refractivity contribution in [2.24, 2.45) is 5.73 Å². The predicted octanol–water partition coefficient (Wildman–Crippen LogP) is 3.55. The molecule has 0 aliphatic rings. The lowest BCUT2D eigenvalue weighted by Gasteiger charge is -2.11. The molecule has 106 valence electrons. The van der Waals surface area contributed by atoms with Crippen molar-refractivity contribution in [3.05, 3.63) is 60.2 Å². The molecule has 3 heteroatoms. The summed E-state index contributed by atoms with van der Waals surface area (Å²) in [5.41, 5.74) is 7.11. The van der Waals surface area contributed by atoms with Crippen LogP contribution in [0.3, 0.4) is 0 Å². The minimum absolute atomic E-state index is 0.102. The largest absolute Gasteiger partial charge is 0.490 e. The van der Waals surface area contributed by atoms with Gasteiger partial charge in [-0.25, -0.2) is 0 Å². The summed E-state index contributed by atoms with van der Waals surface area (Å²) in [7, 11) is 0. The Morgan fingerprint density at radius 3 is 1.95 bits per heavy atom. The van der Waals surface area contributed by atoms with Gasteiger partial charge in [-0.3, -0.25) is 0 Å². The standard InChI is InChI=1S/C17H21NO2/c1-2-17(18)14-8-10-16(11-9-14)20-13-12-19-15-6-4-3-5-7-15/h3-11,17H,2,12-13,18H2,1H3/t17-/m0/s1. The lowest BCUT2D eigenvalue weighted by molar-refractivity contribution is 0.217. The molecule has 1 atom stereocenters. The normalized spacial score (nSPS) is 11.9. The van der Waals surface area contributed by atoms with E-state index in [1.165, 1.54) is 0 Å². The molecule has 0 bridgehead atoms. The van der Waals surface area contributed by atoms with Crippen LogP contribution in [0.1, 0.15) is 24.9 Å². The van der Waals surface area contributed by atoms with Crippen LogP contribution < -0.4 is 15.2 Å². The molecule has 20 heavy (non-hydrogen) atoms. The molecule has 0 spiro atoms. The third kappa shape index (κ3) is 4.28. The second-order valence-electron chi connectivity index (χ2n) is 4.59. The first-order valence-corrected chi connectivity index (χ1v) is 6.96. The fraction of sp³-hybridized carbons (Fsp3) is 0.294. The highest BCUT2D eigenvalue weighted by Crippen LogP contribution is 2.18. The number of hydrogen-bond acceptors (Lipinski definition) is 3. The average Bonchev–Trinajstić information content (AvgIpc) is 2.52. The first kappa shape index (κ1) is 14.4. The molecule has 0 unspecified atom stereocenters. The van der Waals surface area contributed by atoms with Gasteiger partial charge in [-0.1, -0.05) is 37.3 Å². The first-order valence-electron chi connectivity index (χ1n) is 6.96. The summed E-state index contributed by atoms with van der Waals surface area (Å²) in [6.07, 6.45) is 0.936. The Morgan fingerprint density at radius 2 is 1.40 bits per heavy atom. The van der Waals surface area contributed by atoms with Gasteiger partial charge in [0, 0.05) is 6.04 Å². The van der Waals surface area contributed by atoms with E-state index < -0.39 is 0 Å². The van der Waals surface area contributed by atoms with Crippen LogP contribution in [0.25, 0.3) is 0 Å². The highest BCUT2D eigenvalue weighted by Gasteiger charge is 2.03. The molecule has 0 saturated carbocycles. The van der Waals surface area contributed by atoms with Crippen molar-refractivity contribution in [1.82, 2.24) is 0 Å². The summed E-state index contributed by atoms with van der Waals surface area (Å²) >= 11 is 0. The molecule has 2 rings (SSSR count). The van der Waals surface area contributed by atoms with Gasteiger partial charge in [0.05, 0.1) is 0 Å². The molecule has 0 aromatic heterocycles. The Labute approximate surface area is 120 Å². The Hall–Kier alpha value is -2.00. The number of rotatable bonds is 7. The van der Waals surface area contributed by atoms with Crippen molar-refractivity contribution < 1.29 is 9.47 Å². The molecule has 0 fully saturated rings. The summed E-state index contributed by atoms with van der Waals surface area (Å²) in [5, 5.41) is 0. The second-order valence-corrected chi connectivity index (χ2v) is 4.59. The summed E-state index contributed by atoms with van der Waals surface area (Å²) < 4.78 is 11.2. The lowest BCUT2D eigenvalue weighted by atomic mass is 10.1. The number of benzene rings is 2. The Morgan fingerprint density at radius 1 is 0.850 bits per heavy atom. The quantitative estimate of drug-likeness (QED) is 0.783. The zero-order valence-electron chi connectivity index (χ0n) is 11.8. The summed E-state index contributed by atoms with van der Waals surface area (Å²) in [6.45, 7) is 3.13. The molecular weight excluding hydrogens is 250 g/mol. The molecule has 0 amide bonds. The molecule has 3 nitrogen and oxygen atoms in total. The van der Waals surface area contributed by atoms with Gasteiger partial charge in [0.15, 0.2) is 0 Å². The van der Waals surface area contributed by atoms with E-state index in [4.69, 9.17) is 15.2 Å². The number of nitrogens with two attached hydrogens (primary N) is 1. The van der Waals surface area contributed by atoms with Crippen molar-refractivity contribution in [2.75, 3.05) is 13.2 Å². The third-order valence-corrected chi connectivity index (χ3v) is 3.11. The van der Waals surface area contributed by atoms with E-state index in [0.29, 0.717) is 13.2 Å². The van der Waals surface area contributed by atoms with Crippen LogP contribution in [0, 0.1) is 0 Å². The Bertz CT molecular complexity index is 496. The molecule has 2 aromatic carbocycles. The fourth-order valence-corrected chi connectivity index (χ4v) is 1.88. The van der Waals surface area contributed by atoms with Crippen molar-refractivity contribution in [3.63, 3.8) is 0 Å². The molecule has 2 aromatic rings. The van der Waals surface area contributed by atoms with Gasteiger partial charge in [-0.05, 0) is 36.2 Å². The van der Waals surface area contributed by atoms with Crippen molar-refractivity contribution >= 4 is 0 Å². The van der Waals surface area contributed by atoms with E-state index in [9.17, 15) is 0 Å². The van der Waals surface area contributed by atoms with Gasteiger partial charge in [0.1, 0.15) is 24.7 Å². The van der Waals surface area contributed by atoms with Gasteiger partial charge in [-0.15, -0.1) is 0 Å². The van der Waals surface area contributed by atoms with Crippen LogP contribution >= 0.6 is 0 Å². The number of ether oxygens (including phenoxy) is 2. The van der Waals surface area contributed by atoms with Crippen LogP contribution in [0.5, 0.6) is 11.5 Å². The van der Waals surface area contributed by atoms with Crippen LogP contribution in [0.15, 0.2) is 54.6 Å². The van der Waals surface area contributed by atoms with Gasteiger partial charge in [0.2, 0.25) is 0 Å². The maximum atomic E-state index is 5.97. The second kappa shape index (κ2) is 7.56. The summed E-state index contributed by atoms with van der Waals surface area (Å²) in [5.74, 6) is 1.70. The SMILES string of the molecule is CC[C@H](N)c1ccc(OCCOc2ccccc2)cc1. The van der Waals surface area contributed by atoms with Crippen LogP contribution in [0.4, 0.5) is 0 Å². The average molecular weight is 271 g/mol. The van der Waals surface area contributed by atoms with Gasteiger partial charge < -0.3 is 15.2 Å². The molecule has 0 aliphatic heterocycles. The predicted molar refractivity (Wildman–Crippen MR) is 81.1 cm³/mol. The van der Waals surface area contributed by atoms with E-state index in [-0.39, 0.29) is 6.04 Å². The van der Waals surface area contributed by atoms with E-state index in [1.807, 2.05) is 54.6 Å². The summed E-state index contributed by atoms with van der Waals surface area (Å²) in [4.78, 5) is 0. The minimum atomic E-state index is 0.102. The molecule has 0 heterocycles.